The number of amides is 1. The lowest BCUT2D eigenvalue weighted by atomic mass is 9.99. The summed E-state index contributed by atoms with van der Waals surface area (Å²) in [5.41, 5.74) is 8.70. The molecule has 2 aromatic carbocycles. The van der Waals surface area contributed by atoms with Gasteiger partial charge in [-0.2, -0.15) is 4.31 Å². The molecule has 2 fully saturated rings. The van der Waals surface area contributed by atoms with Gasteiger partial charge < -0.3 is 40.1 Å². The second-order valence-electron chi connectivity index (χ2n) is 12.5. The van der Waals surface area contributed by atoms with Crippen LogP contribution in [0.4, 0.5) is 4.79 Å². The van der Waals surface area contributed by atoms with Gasteiger partial charge in [0.1, 0.15) is 24.2 Å². The summed E-state index contributed by atoms with van der Waals surface area (Å²) in [5.74, 6) is 1.27. The Hall–Kier alpha value is -3.01. The molecule has 2 aromatic rings. The Labute approximate surface area is 281 Å². The molecule has 14 heteroatoms. The number of carbonyl (C=O) groups is 1. The number of fused-ring (bicyclic) bond motifs is 1. The van der Waals surface area contributed by atoms with Crippen molar-refractivity contribution in [2.75, 3.05) is 40.0 Å². The first-order chi connectivity index (χ1) is 22.5. The van der Waals surface area contributed by atoms with Gasteiger partial charge in [-0.15, -0.1) is 11.8 Å². The van der Waals surface area contributed by atoms with E-state index in [0.29, 0.717) is 36.5 Å². The Bertz CT molecular complexity index is 1470. The molecule has 0 saturated carbocycles. The summed E-state index contributed by atoms with van der Waals surface area (Å²) in [7, 11) is -2.38. The molecule has 1 amide bonds. The quantitative estimate of drug-likeness (QED) is 0.251. The van der Waals surface area contributed by atoms with Gasteiger partial charge >= 0.3 is 6.09 Å². The Balaban J connectivity index is 1.30. The number of carbonyl (C=O) groups excluding carboxylic acids is 1. The summed E-state index contributed by atoms with van der Waals surface area (Å²) in [6.45, 7) is 7.45. The monoisotopic (exact) mass is 690 g/mol. The number of sulfonamides is 1. The van der Waals surface area contributed by atoms with E-state index >= 15 is 0 Å². The highest BCUT2D eigenvalue weighted by atomic mass is 32.2. The van der Waals surface area contributed by atoms with Gasteiger partial charge in [0.25, 0.3) is 0 Å². The van der Waals surface area contributed by atoms with E-state index in [9.17, 15) is 13.2 Å². The van der Waals surface area contributed by atoms with E-state index in [1.165, 1.54) is 23.5 Å². The number of alkyl carbamates (subject to hydrolysis) is 1. The van der Waals surface area contributed by atoms with Gasteiger partial charge in [-0.25, -0.2) is 13.2 Å². The summed E-state index contributed by atoms with van der Waals surface area (Å²) in [5, 5.41) is 8.68. The molecular formula is C33H46N4O8S2. The molecule has 0 aliphatic carbocycles. The molecule has 4 N–H and O–H groups in total. The molecule has 3 heterocycles. The van der Waals surface area contributed by atoms with Gasteiger partial charge in [-0.1, -0.05) is 26.0 Å². The molecule has 6 atom stereocenters. The van der Waals surface area contributed by atoms with Crippen molar-refractivity contribution in [1.29, 1.82) is 0 Å². The molecule has 2 saturated heterocycles. The zero-order valence-corrected chi connectivity index (χ0v) is 28.9. The van der Waals surface area contributed by atoms with Crippen LogP contribution in [0.2, 0.25) is 0 Å². The van der Waals surface area contributed by atoms with Crippen LogP contribution in [0.1, 0.15) is 32.8 Å². The molecule has 12 nitrogen and oxygen atoms in total. The summed E-state index contributed by atoms with van der Waals surface area (Å²) in [6.07, 6.45) is -0.342. The zero-order valence-electron chi connectivity index (χ0n) is 27.3. The third-order valence-corrected chi connectivity index (χ3v) is 11.1. The molecule has 0 aromatic heterocycles. The Morgan fingerprint density at radius 3 is 2.49 bits per heavy atom. The van der Waals surface area contributed by atoms with Crippen molar-refractivity contribution in [2.45, 2.75) is 68.4 Å². The summed E-state index contributed by atoms with van der Waals surface area (Å²) in [6, 6.07) is 12.4. The van der Waals surface area contributed by atoms with Crippen LogP contribution >= 0.6 is 11.8 Å². The first-order valence-corrected chi connectivity index (χ1v) is 18.3. The smallest absolute Gasteiger partial charge is 0.407 e. The van der Waals surface area contributed by atoms with Gasteiger partial charge in [0.15, 0.2) is 6.29 Å². The molecule has 1 unspecified atom stereocenters. The average Bonchev–Trinajstić information content (AvgIpc) is 3.78. The van der Waals surface area contributed by atoms with Crippen LogP contribution in [0.15, 0.2) is 64.5 Å². The van der Waals surface area contributed by atoms with Crippen LogP contribution in [-0.4, -0.2) is 88.7 Å². The topological polar surface area (TPSA) is 151 Å². The predicted octanol–water partition coefficient (Wildman–Crippen LogP) is 3.67. The Kier molecular flexibility index (Phi) is 12.0. The van der Waals surface area contributed by atoms with Crippen LogP contribution in [0.3, 0.4) is 0 Å². The van der Waals surface area contributed by atoms with Gasteiger partial charge in [0, 0.05) is 19.1 Å². The number of hydrogen-bond acceptors (Lipinski definition) is 11. The van der Waals surface area contributed by atoms with E-state index in [-0.39, 0.29) is 42.7 Å². The highest BCUT2D eigenvalue weighted by Crippen LogP contribution is 2.33. The van der Waals surface area contributed by atoms with Crippen molar-refractivity contribution in [1.82, 2.24) is 14.9 Å². The van der Waals surface area contributed by atoms with E-state index in [0.717, 1.165) is 17.7 Å². The second-order valence-corrected chi connectivity index (χ2v) is 15.6. The molecule has 258 valence electrons. The highest BCUT2D eigenvalue weighted by Gasteiger charge is 2.44. The lowest BCUT2D eigenvalue weighted by molar-refractivity contribution is -0.0907. The highest BCUT2D eigenvalue weighted by molar-refractivity contribution is 8.02. The number of hydrogen-bond donors (Lipinski definition) is 3. The fourth-order valence-corrected chi connectivity index (χ4v) is 8.21. The van der Waals surface area contributed by atoms with Crippen LogP contribution in [-0.2, 0) is 30.7 Å². The number of benzene rings is 2. The number of nitrogens with two attached hydrogens (primary N) is 1. The first-order valence-electron chi connectivity index (χ1n) is 15.9. The molecule has 5 rings (SSSR count). The maximum absolute atomic E-state index is 13.8. The standard InChI is InChI=1S/C33H46N4O8S2/c1-21(2)16-37(47(39,40)27-11-9-25(41-4)10-12-27)17-29(34)30(36-33(38)45-31-19-44-32-28(31)13-14-42-32)15-23-5-7-26(8-6-23)43-18-24-20-46-22(3)35-24/h5-12,20-22,28-32,35H,13-19,34H2,1-4H3,(H,36,38)/t22?,28-,29+,30-,31-,32+/m0/s1. The number of rotatable bonds is 15. The van der Waals surface area contributed by atoms with Crippen LogP contribution < -0.4 is 25.8 Å². The van der Waals surface area contributed by atoms with Crippen LogP contribution in [0.5, 0.6) is 11.5 Å². The SMILES string of the molecule is COc1ccc(S(=O)(=O)N(CC(C)C)C[C@@H](N)[C@H](Cc2ccc(OCC3=CSC(C)N3)cc2)NC(=O)O[C@H]2CO[C@H]3OCC[C@H]32)cc1. The maximum Gasteiger partial charge on any atom is 0.407 e. The second kappa shape index (κ2) is 15.9. The molecule has 47 heavy (non-hydrogen) atoms. The molecule has 3 aliphatic heterocycles. The van der Waals surface area contributed by atoms with Crippen molar-refractivity contribution in [3.05, 3.63) is 65.2 Å². The van der Waals surface area contributed by atoms with Gasteiger partial charge in [0.2, 0.25) is 10.0 Å². The fraction of sp³-hybridized carbons (Fsp3) is 0.545. The molecule has 0 bridgehead atoms. The third kappa shape index (κ3) is 9.33. The summed E-state index contributed by atoms with van der Waals surface area (Å²) >= 11 is 1.71. The number of methoxy groups -OCH3 is 1. The van der Waals surface area contributed by atoms with E-state index in [2.05, 4.69) is 23.0 Å². The number of nitrogens with zero attached hydrogens (tertiary/aromatic N) is 1. The van der Waals surface area contributed by atoms with Crippen molar-refractivity contribution < 1.29 is 36.9 Å². The molecule has 0 spiro atoms. The lowest BCUT2D eigenvalue weighted by Crippen LogP contribution is -2.55. The van der Waals surface area contributed by atoms with E-state index < -0.39 is 34.3 Å². The van der Waals surface area contributed by atoms with Crippen molar-refractivity contribution in [3.8, 4) is 11.5 Å². The van der Waals surface area contributed by atoms with E-state index in [4.69, 9.17) is 29.4 Å². The van der Waals surface area contributed by atoms with Gasteiger partial charge in [-0.05, 0) is 73.1 Å². The lowest BCUT2D eigenvalue weighted by Gasteiger charge is -2.31. The van der Waals surface area contributed by atoms with Crippen molar-refractivity contribution in [2.24, 2.45) is 17.6 Å². The minimum Gasteiger partial charge on any atom is -0.497 e. The van der Waals surface area contributed by atoms with E-state index in [1.807, 2.05) is 38.1 Å². The Morgan fingerprint density at radius 1 is 1.11 bits per heavy atom. The van der Waals surface area contributed by atoms with E-state index in [1.54, 1.807) is 23.9 Å². The molecular weight excluding hydrogens is 645 g/mol. The zero-order chi connectivity index (χ0) is 33.6. The largest absolute Gasteiger partial charge is 0.497 e. The maximum atomic E-state index is 13.8. The van der Waals surface area contributed by atoms with Crippen LogP contribution in [0.25, 0.3) is 0 Å². The molecule has 0 radical (unpaired) electrons. The minimum atomic E-state index is -3.91. The fourth-order valence-electron chi connectivity index (χ4n) is 5.84. The normalized spacial score (nSPS) is 23.6. The number of ether oxygens (including phenoxy) is 5. The molecule has 3 aliphatic rings. The number of thioether (sulfide) groups is 1. The summed E-state index contributed by atoms with van der Waals surface area (Å²) < 4.78 is 57.2. The van der Waals surface area contributed by atoms with Crippen molar-refractivity contribution in [3.63, 3.8) is 0 Å². The minimum absolute atomic E-state index is 0.0198. The van der Waals surface area contributed by atoms with Crippen LogP contribution in [0, 0.1) is 11.8 Å². The predicted molar refractivity (Wildman–Crippen MR) is 179 cm³/mol. The Morgan fingerprint density at radius 2 is 1.83 bits per heavy atom. The van der Waals surface area contributed by atoms with Crippen molar-refractivity contribution >= 4 is 27.9 Å². The average molecular weight is 691 g/mol. The third-order valence-electron chi connectivity index (χ3n) is 8.32. The van der Waals surface area contributed by atoms with Gasteiger partial charge in [-0.3, -0.25) is 0 Å². The van der Waals surface area contributed by atoms with Gasteiger partial charge in [0.05, 0.1) is 48.2 Å². The first kappa shape index (κ1) is 35.3. The number of nitrogens with one attached hydrogen (secondary N) is 2. The summed E-state index contributed by atoms with van der Waals surface area (Å²) in [4.78, 5) is 13.4.